The van der Waals surface area contributed by atoms with Gasteiger partial charge in [0.15, 0.2) is 0 Å². The number of H-pyrrole nitrogens is 1. The number of aromatic nitrogens is 1. The topological polar surface area (TPSA) is 54.8 Å². The Balaban J connectivity index is 2.28. The molecule has 0 saturated carbocycles. The molecule has 0 radical (unpaired) electrons. The Labute approximate surface area is 93.5 Å². The average Bonchev–Trinajstić information content (AvgIpc) is 2.86. The van der Waals surface area contributed by atoms with Crippen LogP contribution in [-0.2, 0) is 0 Å². The molecule has 0 amide bonds. The molecule has 2 heterocycles. The molecule has 1 aliphatic rings. The van der Waals surface area contributed by atoms with E-state index in [1.165, 1.54) is 0 Å². The zero-order chi connectivity index (χ0) is 11.3. The molecule has 0 unspecified atom stereocenters. The van der Waals surface area contributed by atoms with Crippen molar-refractivity contribution in [1.82, 2.24) is 10.3 Å². The first-order valence-electron chi connectivity index (χ1n) is 5.47. The summed E-state index contributed by atoms with van der Waals surface area (Å²) in [4.78, 5) is 14.4. The van der Waals surface area contributed by atoms with Crippen molar-refractivity contribution >= 4 is 10.9 Å². The number of hydrogen-bond acceptors (Lipinski definition) is 2. The van der Waals surface area contributed by atoms with Crippen molar-refractivity contribution in [2.45, 2.75) is 25.4 Å². The highest BCUT2D eigenvalue weighted by atomic mass is 16.1. The number of aromatic amines is 1. The zero-order valence-electron chi connectivity index (χ0n) is 9.37. The Morgan fingerprint density at radius 3 is 2.62 bits per heavy atom. The lowest BCUT2D eigenvalue weighted by atomic mass is 9.99. The zero-order valence-corrected chi connectivity index (χ0v) is 9.37. The Kier molecular flexibility index (Phi) is 1.77. The Morgan fingerprint density at radius 2 is 1.94 bits per heavy atom. The van der Waals surface area contributed by atoms with Crippen molar-refractivity contribution < 1.29 is 0 Å². The Bertz CT molecular complexity index is 613. The molecule has 2 aromatic rings. The predicted molar refractivity (Wildman–Crippen MR) is 64.5 cm³/mol. The van der Waals surface area contributed by atoms with E-state index in [-0.39, 0.29) is 11.1 Å². The largest absolute Gasteiger partial charge is 0.322 e. The van der Waals surface area contributed by atoms with E-state index in [2.05, 4.69) is 30.2 Å². The number of benzene rings is 1. The fourth-order valence-corrected chi connectivity index (χ4v) is 2.27. The van der Waals surface area contributed by atoms with Gasteiger partial charge in [0.2, 0.25) is 5.56 Å². The molecule has 1 atom stereocenters. The van der Waals surface area contributed by atoms with Crippen molar-refractivity contribution in [1.29, 1.82) is 0 Å². The van der Waals surface area contributed by atoms with Crippen LogP contribution in [0.5, 0.6) is 0 Å². The van der Waals surface area contributed by atoms with Crippen LogP contribution in [0.25, 0.3) is 10.9 Å². The minimum absolute atomic E-state index is 0.0294. The maximum Gasteiger partial charge on any atom is 0.248 e. The molecule has 3 rings (SSSR count). The molecule has 3 nitrogen and oxygen atoms in total. The first-order valence-corrected chi connectivity index (χ1v) is 5.47. The first-order chi connectivity index (χ1) is 7.58. The number of fused-ring (bicyclic) bond motifs is 1. The van der Waals surface area contributed by atoms with Crippen LogP contribution in [0.1, 0.15) is 25.5 Å². The van der Waals surface area contributed by atoms with Crippen LogP contribution < -0.4 is 10.9 Å². The van der Waals surface area contributed by atoms with Crippen LogP contribution in [-0.4, -0.2) is 10.5 Å². The third-order valence-electron chi connectivity index (χ3n) is 3.25. The van der Waals surface area contributed by atoms with Gasteiger partial charge in [0.25, 0.3) is 0 Å². The van der Waals surface area contributed by atoms with Gasteiger partial charge in [-0.15, -0.1) is 0 Å². The van der Waals surface area contributed by atoms with E-state index in [1.54, 1.807) is 6.07 Å². The van der Waals surface area contributed by atoms with Crippen LogP contribution in [0, 0.1) is 0 Å². The minimum atomic E-state index is -0.0294. The van der Waals surface area contributed by atoms with Gasteiger partial charge in [0, 0.05) is 22.5 Å². The van der Waals surface area contributed by atoms with Gasteiger partial charge in [-0.2, -0.15) is 0 Å². The van der Waals surface area contributed by atoms with Crippen LogP contribution in [0.3, 0.4) is 0 Å². The molecule has 3 heteroatoms. The van der Waals surface area contributed by atoms with Gasteiger partial charge in [-0.25, -0.2) is 0 Å². The van der Waals surface area contributed by atoms with Crippen molar-refractivity contribution in [3.63, 3.8) is 0 Å². The summed E-state index contributed by atoms with van der Waals surface area (Å²) in [6.45, 7) is 4.29. The van der Waals surface area contributed by atoms with E-state index in [4.69, 9.17) is 0 Å². The third-order valence-corrected chi connectivity index (χ3v) is 3.25. The molecule has 1 aliphatic heterocycles. The quantitative estimate of drug-likeness (QED) is 0.713. The third kappa shape index (κ3) is 1.36. The summed E-state index contributed by atoms with van der Waals surface area (Å²) >= 11 is 0. The molecule has 1 aromatic carbocycles. The molecule has 0 aliphatic carbocycles. The van der Waals surface area contributed by atoms with E-state index >= 15 is 0 Å². The maximum atomic E-state index is 11.6. The van der Waals surface area contributed by atoms with Gasteiger partial charge >= 0.3 is 0 Å². The highest BCUT2D eigenvalue weighted by Crippen LogP contribution is 2.41. The number of hydrogen-bond donors (Lipinski definition) is 2. The van der Waals surface area contributed by atoms with Crippen molar-refractivity contribution in [3.8, 4) is 0 Å². The van der Waals surface area contributed by atoms with E-state index in [1.807, 2.05) is 18.2 Å². The molecule has 1 saturated heterocycles. The van der Waals surface area contributed by atoms with E-state index < -0.39 is 0 Å². The first kappa shape index (κ1) is 9.60. The Morgan fingerprint density at radius 1 is 1.25 bits per heavy atom. The summed E-state index contributed by atoms with van der Waals surface area (Å²) in [6.07, 6.45) is 0. The molecule has 0 spiro atoms. The monoisotopic (exact) mass is 214 g/mol. The Hall–Kier alpha value is -1.61. The lowest BCUT2D eigenvalue weighted by molar-refractivity contribution is 0.755. The van der Waals surface area contributed by atoms with Gasteiger partial charge in [0.1, 0.15) is 0 Å². The van der Waals surface area contributed by atoms with E-state index in [0.717, 1.165) is 16.5 Å². The van der Waals surface area contributed by atoms with Crippen LogP contribution in [0.15, 0.2) is 35.1 Å². The molecular formula is C13H14N2O. The van der Waals surface area contributed by atoms with Crippen molar-refractivity contribution in [2.24, 2.45) is 0 Å². The molecular weight excluding hydrogens is 200 g/mol. The number of rotatable bonds is 1. The van der Waals surface area contributed by atoms with Gasteiger partial charge in [-0.05, 0) is 25.5 Å². The van der Waals surface area contributed by atoms with Gasteiger partial charge in [-0.3, -0.25) is 4.79 Å². The molecule has 1 fully saturated rings. The second-order valence-electron chi connectivity index (χ2n) is 4.93. The van der Waals surface area contributed by atoms with Gasteiger partial charge in [-0.1, -0.05) is 18.2 Å². The SMILES string of the molecule is CC1(C)N[C@@H]1c1cc(=O)[nH]c2ccccc12. The average molecular weight is 214 g/mol. The smallest absolute Gasteiger partial charge is 0.248 e. The fourth-order valence-electron chi connectivity index (χ4n) is 2.27. The highest BCUT2D eigenvalue weighted by Gasteiger charge is 2.46. The number of pyridine rings is 1. The second-order valence-corrected chi connectivity index (χ2v) is 4.93. The van der Waals surface area contributed by atoms with Gasteiger partial charge < -0.3 is 10.3 Å². The summed E-state index contributed by atoms with van der Waals surface area (Å²) in [5, 5.41) is 4.52. The molecule has 2 N–H and O–H groups in total. The minimum Gasteiger partial charge on any atom is -0.322 e. The summed E-state index contributed by atoms with van der Waals surface area (Å²) in [5.41, 5.74) is 2.09. The molecule has 82 valence electrons. The van der Waals surface area contributed by atoms with Crippen molar-refractivity contribution in [3.05, 3.63) is 46.2 Å². The summed E-state index contributed by atoms with van der Waals surface area (Å²) in [7, 11) is 0. The second kappa shape index (κ2) is 2.95. The maximum absolute atomic E-state index is 11.6. The predicted octanol–water partition coefficient (Wildman–Crippen LogP) is 1.95. The molecule has 0 bridgehead atoms. The standard InChI is InChI=1S/C13H14N2O/c1-13(2)12(15-13)9-7-11(16)14-10-6-4-3-5-8(9)10/h3-7,12,15H,1-2H3,(H,14,16)/t12-/m1/s1. The number of para-hydroxylation sites is 1. The molecule has 1 aromatic heterocycles. The summed E-state index contributed by atoms with van der Waals surface area (Å²) < 4.78 is 0. The normalized spacial score (nSPS) is 22.2. The van der Waals surface area contributed by atoms with Crippen LogP contribution in [0.4, 0.5) is 0 Å². The van der Waals surface area contributed by atoms with Crippen LogP contribution in [0.2, 0.25) is 0 Å². The lowest BCUT2D eigenvalue weighted by Gasteiger charge is -2.05. The summed E-state index contributed by atoms with van der Waals surface area (Å²) in [6, 6.07) is 9.92. The highest BCUT2D eigenvalue weighted by molar-refractivity contribution is 5.83. The molecule has 16 heavy (non-hydrogen) atoms. The lowest BCUT2D eigenvalue weighted by Crippen LogP contribution is -2.08. The van der Waals surface area contributed by atoms with E-state index in [0.29, 0.717) is 6.04 Å². The van der Waals surface area contributed by atoms with Crippen LogP contribution >= 0.6 is 0 Å². The van der Waals surface area contributed by atoms with Gasteiger partial charge in [0.05, 0.1) is 6.04 Å². The summed E-state index contributed by atoms with van der Waals surface area (Å²) in [5.74, 6) is 0. The fraction of sp³-hybridized carbons (Fsp3) is 0.308. The van der Waals surface area contributed by atoms with E-state index in [9.17, 15) is 4.79 Å². The van der Waals surface area contributed by atoms with Crippen molar-refractivity contribution in [2.75, 3.05) is 0 Å². The number of nitrogens with one attached hydrogen (secondary N) is 2.